The summed E-state index contributed by atoms with van der Waals surface area (Å²) in [7, 11) is 0. The summed E-state index contributed by atoms with van der Waals surface area (Å²) in [4.78, 5) is 15.9. The fourth-order valence-corrected chi connectivity index (χ4v) is 1.12. The van der Waals surface area contributed by atoms with E-state index < -0.39 is 12.1 Å². The lowest BCUT2D eigenvalue weighted by molar-refractivity contribution is -0.157. The van der Waals surface area contributed by atoms with Crippen molar-refractivity contribution in [3.05, 3.63) is 35.9 Å². The summed E-state index contributed by atoms with van der Waals surface area (Å²) in [6.45, 7) is 2.04. The normalized spacial score (nSPS) is 12.1. The van der Waals surface area contributed by atoms with Crippen LogP contribution in [0.5, 0.6) is 0 Å². The van der Waals surface area contributed by atoms with E-state index in [9.17, 15) is 4.79 Å². The summed E-state index contributed by atoms with van der Waals surface area (Å²) in [6.07, 6.45) is -0.837. The second kappa shape index (κ2) is 5.36. The van der Waals surface area contributed by atoms with Crippen LogP contribution in [0.4, 0.5) is 0 Å². The van der Waals surface area contributed by atoms with Gasteiger partial charge < -0.3 is 4.74 Å². The number of nitrogens with two attached hydrogens (primary N) is 1. The third-order valence-electron chi connectivity index (χ3n) is 1.74. The van der Waals surface area contributed by atoms with Crippen molar-refractivity contribution < 1.29 is 14.4 Å². The van der Waals surface area contributed by atoms with Crippen LogP contribution >= 0.6 is 0 Å². The van der Waals surface area contributed by atoms with Gasteiger partial charge in [-0.2, -0.15) is 0 Å². The van der Waals surface area contributed by atoms with Crippen LogP contribution in [0.25, 0.3) is 0 Å². The molecule has 4 nitrogen and oxygen atoms in total. The van der Waals surface area contributed by atoms with Gasteiger partial charge in [0.05, 0.1) is 6.61 Å². The van der Waals surface area contributed by atoms with Gasteiger partial charge in [-0.05, 0) is 12.5 Å². The Labute approximate surface area is 82.6 Å². The fourth-order valence-electron chi connectivity index (χ4n) is 1.12. The molecule has 0 heterocycles. The van der Waals surface area contributed by atoms with Crippen molar-refractivity contribution in [3.8, 4) is 0 Å². The molecule has 0 aromatic heterocycles. The van der Waals surface area contributed by atoms with E-state index in [1.807, 2.05) is 6.07 Å². The Morgan fingerprint density at radius 3 is 2.57 bits per heavy atom. The molecule has 1 aromatic carbocycles. The number of rotatable bonds is 4. The first kappa shape index (κ1) is 10.7. The molecule has 0 spiro atoms. The molecule has 0 aliphatic heterocycles. The Bertz CT molecular complexity index is 287. The van der Waals surface area contributed by atoms with Crippen molar-refractivity contribution in [2.45, 2.75) is 13.0 Å². The first-order valence-corrected chi connectivity index (χ1v) is 4.36. The summed E-state index contributed by atoms with van der Waals surface area (Å²) < 4.78 is 4.81. The summed E-state index contributed by atoms with van der Waals surface area (Å²) >= 11 is 0. The average molecular weight is 195 g/mol. The molecule has 1 aromatic rings. The molecule has 0 saturated heterocycles. The van der Waals surface area contributed by atoms with E-state index in [-0.39, 0.29) is 0 Å². The standard InChI is InChI=1S/C10H13NO3/c1-2-13-10(12)9(14-11)8-6-4-3-5-7-8/h3-7,9H,2,11H2,1H3. The van der Waals surface area contributed by atoms with Gasteiger partial charge in [-0.25, -0.2) is 10.7 Å². The van der Waals surface area contributed by atoms with E-state index in [1.54, 1.807) is 31.2 Å². The molecule has 0 amide bonds. The van der Waals surface area contributed by atoms with Crippen LogP contribution in [-0.4, -0.2) is 12.6 Å². The Morgan fingerprint density at radius 1 is 1.43 bits per heavy atom. The van der Waals surface area contributed by atoms with Crippen LogP contribution in [0.15, 0.2) is 30.3 Å². The Kier molecular flexibility index (Phi) is 4.10. The van der Waals surface area contributed by atoms with E-state index in [1.165, 1.54) is 0 Å². The van der Waals surface area contributed by atoms with Crippen molar-refractivity contribution in [1.29, 1.82) is 0 Å². The number of hydrogen-bond acceptors (Lipinski definition) is 4. The van der Waals surface area contributed by atoms with E-state index in [0.29, 0.717) is 12.2 Å². The lowest BCUT2D eigenvalue weighted by atomic mass is 10.1. The molecule has 0 fully saturated rings. The minimum absolute atomic E-state index is 0.311. The molecule has 0 saturated carbocycles. The molecule has 1 atom stereocenters. The maximum atomic E-state index is 11.3. The van der Waals surface area contributed by atoms with Gasteiger partial charge in [0.2, 0.25) is 6.10 Å². The maximum Gasteiger partial charge on any atom is 0.342 e. The third-order valence-corrected chi connectivity index (χ3v) is 1.74. The first-order valence-electron chi connectivity index (χ1n) is 4.36. The Balaban J connectivity index is 2.77. The number of carbonyl (C=O) groups excluding carboxylic acids is 1. The Hall–Kier alpha value is -1.39. The van der Waals surface area contributed by atoms with Crippen LogP contribution in [0.2, 0.25) is 0 Å². The van der Waals surface area contributed by atoms with Gasteiger partial charge in [0.15, 0.2) is 0 Å². The minimum atomic E-state index is -0.837. The minimum Gasteiger partial charge on any atom is -0.464 e. The summed E-state index contributed by atoms with van der Waals surface area (Å²) in [5.41, 5.74) is 0.688. The fraction of sp³-hybridized carbons (Fsp3) is 0.300. The number of esters is 1. The van der Waals surface area contributed by atoms with Crippen molar-refractivity contribution in [3.63, 3.8) is 0 Å². The van der Waals surface area contributed by atoms with Gasteiger partial charge in [0, 0.05) is 0 Å². The molecule has 4 heteroatoms. The van der Waals surface area contributed by atoms with Crippen LogP contribution in [0.3, 0.4) is 0 Å². The van der Waals surface area contributed by atoms with Crippen LogP contribution in [0, 0.1) is 0 Å². The molecule has 76 valence electrons. The quantitative estimate of drug-likeness (QED) is 0.579. The van der Waals surface area contributed by atoms with E-state index in [0.717, 1.165) is 0 Å². The number of carbonyl (C=O) groups is 1. The number of benzene rings is 1. The zero-order valence-corrected chi connectivity index (χ0v) is 7.97. The molecule has 0 radical (unpaired) electrons. The van der Waals surface area contributed by atoms with E-state index in [4.69, 9.17) is 10.6 Å². The maximum absolute atomic E-state index is 11.3. The van der Waals surface area contributed by atoms with Crippen molar-refractivity contribution in [2.24, 2.45) is 5.90 Å². The van der Waals surface area contributed by atoms with Gasteiger partial charge >= 0.3 is 5.97 Å². The second-order valence-corrected chi connectivity index (χ2v) is 2.68. The summed E-state index contributed by atoms with van der Waals surface area (Å²) in [6, 6.07) is 8.98. The van der Waals surface area contributed by atoms with Gasteiger partial charge in [0.1, 0.15) is 0 Å². The lowest BCUT2D eigenvalue weighted by Gasteiger charge is -2.12. The van der Waals surface area contributed by atoms with Crippen molar-refractivity contribution in [1.82, 2.24) is 0 Å². The largest absolute Gasteiger partial charge is 0.464 e. The third kappa shape index (κ3) is 2.55. The van der Waals surface area contributed by atoms with Gasteiger partial charge in [-0.3, -0.25) is 4.84 Å². The zero-order valence-electron chi connectivity index (χ0n) is 7.97. The summed E-state index contributed by atoms with van der Waals surface area (Å²) in [5, 5.41) is 0. The molecule has 1 unspecified atom stereocenters. The van der Waals surface area contributed by atoms with Crippen LogP contribution in [0.1, 0.15) is 18.6 Å². The van der Waals surface area contributed by atoms with Crippen molar-refractivity contribution >= 4 is 5.97 Å². The highest BCUT2D eigenvalue weighted by Gasteiger charge is 2.21. The van der Waals surface area contributed by atoms with Crippen LogP contribution in [-0.2, 0) is 14.4 Å². The molecule has 1 rings (SSSR count). The monoisotopic (exact) mass is 195 g/mol. The first-order chi connectivity index (χ1) is 6.79. The predicted molar refractivity (Wildman–Crippen MR) is 51.1 cm³/mol. The topological polar surface area (TPSA) is 61.5 Å². The predicted octanol–water partition coefficient (Wildman–Crippen LogP) is 1.18. The lowest BCUT2D eigenvalue weighted by Crippen LogP contribution is -2.21. The smallest absolute Gasteiger partial charge is 0.342 e. The second-order valence-electron chi connectivity index (χ2n) is 2.68. The molecular formula is C10H13NO3. The van der Waals surface area contributed by atoms with Crippen LogP contribution < -0.4 is 5.90 Å². The number of hydrogen-bond donors (Lipinski definition) is 1. The highest BCUT2D eigenvalue weighted by atomic mass is 16.6. The van der Waals surface area contributed by atoms with E-state index in [2.05, 4.69) is 4.84 Å². The van der Waals surface area contributed by atoms with Gasteiger partial charge in [-0.1, -0.05) is 30.3 Å². The molecule has 0 bridgehead atoms. The number of ether oxygens (including phenoxy) is 1. The molecule has 0 aliphatic carbocycles. The molecule has 14 heavy (non-hydrogen) atoms. The highest BCUT2D eigenvalue weighted by molar-refractivity contribution is 5.76. The zero-order chi connectivity index (χ0) is 10.4. The molecule has 0 aliphatic rings. The van der Waals surface area contributed by atoms with Gasteiger partial charge in [0.25, 0.3) is 0 Å². The SMILES string of the molecule is CCOC(=O)C(ON)c1ccccc1. The molecular weight excluding hydrogens is 182 g/mol. The van der Waals surface area contributed by atoms with Gasteiger partial charge in [-0.15, -0.1) is 0 Å². The van der Waals surface area contributed by atoms with Crippen molar-refractivity contribution in [2.75, 3.05) is 6.61 Å². The molecule has 2 N–H and O–H groups in total. The Morgan fingerprint density at radius 2 is 2.07 bits per heavy atom. The average Bonchev–Trinajstić information content (AvgIpc) is 2.21. The highest BCUT2D eigenvalue weighted by Crippen LogP contribution is 2.16. The summed E-state index contributed by atoms with van der Waals surface area (Å²) in [5.74, 6) is 4.56. The van der Waals surface area contributed by atoms with E-state index >= 15 is 0 Å².